The van der Waals surface area contributed by atoms with E-state index in [4.69, 9.17) is 11.1 Å². The van der Waals surface area contributed by atoms with Crippen molar-refractivity contribution in [2.75, 3.05) is 16.8 Å². The third-order valence-corrected chi connectivity index (χ3v) is 3.19. The minimum Gasteiger partial charge on any atom is -0.383 e. The lowest BCUT2D eigenvalue weighted by Gasteiger charge is -2.11. The van der Waals surface area contributed by atoms with E-state index in [0.29, 0.717) is 22.2 Å². The molecular weight excluding hydrogens is 277 g/mol. The van der Waals surface area contributed by atoms with Gasteiger partial charge in [-0.1, -0.05) is 24.8 Å². The predicted molar refractivity (Wildman–Crippen MR) is 80.4 cm³/mol. The van der Waals surface area contributed by atoms with E-state index in [1.807, 2.05) is 6.92 Å². The van der Waals surface area contributed by atoms with Gasteiger partial charge in [0.15, 0.2) is 5.16 Å². The average molecular weight is 291 g/mol. The summed E-state index contributed by atoms with van der Waals surface area (Å²) in [5, 5.41) is 10.9. The highest BCUT2D eigenvalue weighted by atomic mass is 32.2. The molecule has 7 heteroatoms. The van der Waals surface area contributed by atoms with Crippen molar-refractivity contribution >= 4 is 35.3 Å². The monoisotopic (exact) mass is 291 g/mol. The van der Waals surface area contributed by atoms with Gasteiger partial charge in [-0.2, -0.15) is 0 Å². The Morgan fingerprint density at radius 1 is 1.45 bits per heavy atom. The van der Waals surface area contributed by atoms with Crippen molar-refractivity contribution in [3.8, 4) is 0 Å². The molecule has 4 N–H and O–H groups in total. The Labute approximate surface area is 120 Å². The van der Waals surface area contributed by atoms with E-state index in [2.05, 4.69) is 15.3 Å². The van der Waals surface area contributed by atoms with Gasteiger partial charge in [0.05, 0.1) is 5.56 Å². The summed E-state index contributed by atoms with van der Waals surface area (Å²) in [6.45, 7) is 1.98. The third kappa shape index (κ3) is 3.24. The lowest BCUT2D eigenvalue weighted by atomic mass is 10.2. The van der Waals surface area contributed by atoms with Crippen LogP contribution in [0.1, 0.15) is 12.5 Å². The van der Waals surface area contributed by atoms with Crippen molar-refractivity contribution < 1.29 is 4.39 Å². The van der Waals surface area contributed by atoms with Crippen LogP contribution < -0.4 is 11.1 Å². The zero-order chi connectivity index (χ0) is 14.5. The molecule has 0 spiro atoms. The number of nitrogens with two attached hydrogens (primary N) is 1. The van der Waals surface area contributed by atoms with Gasteiger partial charge in [0.2, 0.25) is 0 Å². The van der Waals surface area contributed by atoms with E-state index >= 15 is 0 Å². The van der Waals surface area contributed by atoms with E-state index in [0.717, 1.165) is 12.0 Å². The van der Waals surface area contributed by atoms with Crippen LogP contribution in [-0.2, 0) is 0 Å². The van der Waals surface area contributed by atoms with Crippen LogP contribution in [-0.4, -0.2) is 21.9 Å². The molecule has 20 heavy (non-hydrogen) atoms. The molecule has 0 bridgehead atoms. The number of rotatable bonds is 5. The lowest BCUT2D eigenvalue weighted by molar-refractivity contribution is 0.628. The second-order valence-electron chi connectivity index (χ2n) is 3.87. The van der Waals surface area contributed by atoms with Crippen LogP contribution in [0.2, 0.25) is 0 Å². The summed E-state index contributed by atoms with van der Waals surface area (Å²) in [4.78, 5) is 8.42. The first-order valence-electron chi connectivity index (χ1n) is 5.97. The fraction of sp³-hybridized carbons (Fsp3) is 0.154. The Bertz CT molecular complexity index is 632. The van der Waals surface area contributed by atoms with Gasteiger partial charge in [-0.25, -0.2) is 14.4 Å². The van der Waals surface area contributed by atoms with Crippen LogP contribution in [0.15, 0.2) is 29.4 Å². The molecular formula is C13H14FN5S. The summed E-state index contributed by atoms with van der Waals surface area (Å²) in [6.07, 6.45) is 1.08. The van der Waals surface area contributed by atoms with E-state index in [1.165, 1.54) is 23.9 Å². The molecule has 1 aromatic carbocycles. The molecule has 104 valence electrons. The van der Waals surface area contributed by atoms with Gasteiger partial charge in [0.25, 0.3) is 0 Å². The molecule has 1 heterocycles. The van der Waals surface area contributed by atoms with Gasteiger partial charge in [0.1, 0.15) is 17.5 Å². The topological polar surface area (TPSA) is 87.7 Å². The van der Waals surface area contributed by atoms with E-state index in [-0.39, 0.29) is 11.6 Å². The smallest absolute Gasteiger partial charge is 0.191 e. The molecule has 0 saturated carbocycles. The zero-order valence-corrected chi connectivity index (χ0v) is 11.7. The number of anilines is 3. The molecule has 5 nitrogen and oxygen atoms in total. The number of aromatic nitrogens is 2. The van der Waals surface area contributed by atoms with Crippen molar-refractivity contribution in [2.45, 2.75) is 12.1 Å². The van der Waals surface area contributed by atoms with Crippen molar-refractivity contribution in [3.63, 3.8) is 0 Å². The largest absolute Gasteiger partial charge is 0.383 e. The third-order valence-electron chi connectivity index (χ3n) is 2.46. The quantitative estimate of drug-likeness (QED) is 0.447. The summed E-state index contributed by atoms with van der Waals surface area (Å²) < 4.78 is 13.2. The molecule has 0 atom stereocenters. The van der Waals surface area contributed by atoms with Crippen LogP contribution in [0.4, 0.5) is 21.7 Å². The first-order chi connectivity index (χ1) is 9.63. The first-order valence-corrected chi connectivity index (χ1v) is 6.96. The number of hydrogen-bond donors (Lipinski definition) is 3. The standard InChI is InChI=1S/C13H14FN5S/c1-2-20-13-18-11(16)10(7-15)12(19-13)17-9-5-3-4-8(14)6-9/h3-7,15H,2H2,1H3,(H3,16,17,18,19). The van der Waals surface area contributed by atoms with Gasteiger partial charge in [-0.05, 0) is 24.0 Å². The Hall–Kier alpha value is -2.15. The SMILES string of the molecule is CCSc1nc(N)c(C=N)c(Nc2cccc(F)c2)n1. The number of hydrogen-bond acceptors (Lipinski definition) is 6. The summed E-state index contributed by atoms with van der Waals surface area (Å²) >= 11 is 1.45. The minimum atomic E-state index is -0.350. The fourth-order valence-electron chi connectivity index (χ4n) is 1.60. The van der Waals surface area contributed by atoms with Crippen molar-refractivity contribution in [1.82, 2.24) is 9.97 Å². The molecule has 0 fully saturated rings. The van der Waals surface area contributed by atoms with Gasteiger partial charge >= 0.3 is 0 Å². The molecule has 0 aliphatic carbocycles. The van der Waals surface area contributed by atoms with E-state index in [9.17, 15) is 4.39 Å². The summed E-state index contributed by atoms with van der Waals surface area (Å²) in [5.74, 6) is 1.08. The summed E-state index contributed by atoms with van der Waals surface area (Å²) in [7, 11) is 0. The minimum absolute atomic E-state index is 0.227. The Morgan fingerprint density at radius 3 is 2.90 bits per heavy atom. The lowest BCUT2D eigenvalue weighted by Crippen LogP contribution is -2.06. The molecule has 0 amide bonds. The molecule has 0 radical (unpaired) electrons. The van der Waals surface area contributed by atoms with Crippen molar-refractivity contribution in [2.24, 2.45) is 0 Å². The van der Waals surface area contributed by atoms with Crippen LogP contribution in [0.3, 0.4) is 0 Å². The molecule has 2 aromatic rings. The molecule has 0 unspecified atom stereocenters. The second kappa shape index (κ2) is 6.33. The van der Waals surface area contributed by atoms with Crippen molar-refractivity contribution in [3.05, 3.63) is 35.6 Å². The highest BCUT2D eigenvalue weighted by Crippen LogP contribution is 2.25. The zero-order valence-electron chi connectivity index (χ0n) is 10.9. The first kappa shape index (κ1) is 14.3. The maximum atomic E-state index is 13.2. The van der Waals surface area contributed by atoms with Gasteiger partial charge < -0.3 is 16.5 Å². The highest BCUT2D eigenvalue weighted by molar-refractivity contribution is 7.99. The average Bonchev–Trinajstić information content (AvgIpc) is 2.39. The van der Waals surface area contributed by atoms with E-state index < -0.39 is 0 Å². The predicted octanol–water partition coefficient (Wildman–Crippen LogP) is 3.05. The van der Waals surface area contributed by atoms with Crippen LogP contribution in [0.25, 0.3) is 0 Å². The Balaban J connectivity index is 2.40. The molecule has 1 aromatic heterocycles. The van der Waals surface area contributed by atoms with Gasteiger partial charge in [-0.15, -0.1) is 0 Å². The number of thioether (sulfide) groups is 1. The number of nitrogens with zero attached hydrogens (tertiary/aromatic N) is 2. The number of nitrogens with one attached hydrogen (secondary N) is 2. The number of halogens is 1. The molecule has 2 rings (SSSR count). The van der Waals surface area contributed by atoms with Crippen LogP contribution in [0, 0.1) is 11.2 Å². The maximum Gasteiger partial charge on any atom is 0.191 e. The van der Waals surface area contributed by atoms with Gasteiger partial charge in [0, 0.05) is 11.9 Å². The Morgan fingerprint density at radius 2 is 2.25 bits per heavy atom. The number of benzene rings is 1. The maximum absolute atomic E-state index is 13.2. The summed E-state index contributed by atoms with van der Waals surface area (Å²) in [5.41, 5.74) is 6.74. The highest BCUT2D eigenvalue weighted by Gasteiger charge is 2.11. The molecule has 0 aliphatic rings. The van der Waals surface area contributed by atoms with Gasteiger partial charge in [-0.3, -0.25) is 0 Å². The normalized spacial score (nSPS) is 10.3. The van der Waals surface area contributed by atoms with Crippen LogP contribution in [0.5, 0.6) is 0 Å². The molecule has 0 saturated heterocycles. The van der Waals surface area contributed by atoms with E-state index in [1.54, 1.807) is 12.1 Å². The summed E-state index contributed by atoms with van der Waals surface area (Å²) in [6, 6.07) is 6.00. The number of nitrogen functional groups attached to an aromatic ring is 1. The van der Waals surface area contributed by atoms with Crippen molar-refractivity contribution in [1.29, 1.82) is 5.41 Å². The second-order valence-corrected chi connectivity index (χ2v) is 5.10. The fourth-order valence-corrected chi connectivity index (χ4v) is 2.18. The van der Waals surface area contributed by atoms with Crippen LogP contribution >= 0.6 is 11.8 Å². The molecule has 0 aliphatic heterocycles. The Kier molecular flexibility index (Phi) is 4.52.